The monoisotopic (exact) mass is 233 g/mol. The molecule has 0 saturated carbocycles. The number of aromatic nitrogens is 2. The first kappa shape index (κ1) is 11.6. The lowest BCUT2D eigenvalue weighted by Crippen LogP contribution is -1.92. The Hall–Kier alpha value is -1.84. The molecule has 0 radical (unpaired) electrons. The molecule has 0 aliphatic rings. The van der Waals surface area contributed by atoms with Gasteiger partial charge < -0.3 is 10.7 Å². The lowest BCUT2D eigenvalue weighted by atomic mass is 10.1. The summed E-state index contributed by atoms with van der Waals surface area (Å²) in [5, 5.41) is 0. The number of benzene rings is 1. The van der Waals surface area contributed by atoms with Gasteiger partial charge in [-0.25, -0.2) is 9.37 Å². The molecule has 0 aliphatic carbocycles. The third-order valence-electron chi connectivity index (χ3n) is 2.72. The third-order valence-corrected chi connectivity index (χ3v) is 2.72. The van der Waals surface area contributed by atoms with Gasteiger partial charge in [0, 0.05) is 17.2 Å². The summed E-state index contributed by atoms with van der Waals surface area (Å²) in [6.45, 7) is 6.09. The van der Waals surface area contributed by atoms with Crippen LogP contribution in [0.15, 0.2) is 18.2 Å². The van der Waals surface area contributed by atoms with E-state index >= 15 is 0 Å². The van der Waals surface area contributed by atoms with Gasteiger partial charge in [-0.1, -0.05) is 13.8 Å². The summed E-state index contributed by atoms with van der Waals surface area (Å²) in [4.78, 5) is 7.75. The minimum atomic E-state index is -0.397. The van der Waals surface area contributed by atoms with E-state index < -0.39 is 5.82 Å². The molecule has 1 aromatic heterocycles. The van der Waals surface area contributed by atoms with Crippen molar-refractivity contribution >= 4 is 5.69 Å². The zero-order valence-corrected chi connectivity index (χ0v) is 10.2. The fourth-order valence-electron chi connectivity index (χ4n) is 1.73. The Morgan fingerprint density at radius 2 is 2.06 bits per heavy atom. The molecule has 90 valence electrons. The average molecular weight is 233 g/mol. The van der Waals surface area contributed by atoms with E-state index in [1.54, 1.807) is 12.1 Å². The summed E-state index contributed by atoms with van der Waals surface area (Å²) in [7, 11) is 0. The normalized spacial score (nSPS) is 11.1. The number of rotatable bonds is 2. The smallest absolute Gasteiger partial charge is 0.146 e. The van der Waals surface area contributed by atoms with Gasteiger partial charge in [-0.2, -0.15) is 0 Å². The fraction of sp³-hybridized carbons (Fsp3) is 0.308. The Morgan fingerprint density at radius 3 is 2.59 bits per heavy atom. The Morgan fingerprint density at radius 1 is 1.35 bits per heavy atom. The Bertz CT molecular complexity index is 544. The van der Waals surface area contributed by atoms with Crippen molar-refractivity contribution in [1.29, 1.82) is 0 Å². The number of nitrogens with one attached hydrogen (secondary N) is 1. The molecule has 0 amide bonds. The molecule has 2 rings (SSSR count). The van der Waals surface area contributed by atoms with E-state index in [-0.39, 0.29) is 5.69 Å². The number of aromatic amines is 1. The number of nitrogens with zero attached hydrogens (tertiary/aromatic N) is 1. The largest absolute Gasteiger partial charge is 0.396 e. The van der Waals surface area contributed by atoms with Crippen LogP contribution < -0.4 is 5.73 Å². The van der Waals surface area contributed by atoms with Crippen molar-refractivity contribution in [2.75, 3.05) is 5.73 Å². The zero-order chi connectivity index (χ0) is 12.6. The van der Waals surface area contributed by atoms with Gasteiger partial charge in [0.2, 0.25) is 0 Å². The molecule has 0 spiro atoms. The molecule has 0 atom stereocenters. The van der Waals surface area contributed by atoms with E-state index in [4.69, 9.17) is 5.73 Å². The number of anilines is 1. The quantitative estimate of drug-likeness (QED) is 0.782. The first-order valence-electron chi connectivity index (χ1n) is 5.61. The zero-order valence-electron chi connectivity index (χ0n) is 10.2. The molecule has 4 heteroatoms. The molecule has 1 heterocycles. The second-order valence-electron chi connectivity index (χ2n) is 4.49. The molecule has 2 aromatic rings. The van der Waals surface area contributed by atoms with Gasteiger partial charge in [-0.3, -0.25) is 0 Å². The maximum Gasteiger partial charge on any atom is 0.146 e. The van der Waals surface area contributed by atoms with E-state index in [0.29, 0.717) is 5.92 Å². The van der Waals surface area contributed by atoms with Gasteiger partial charge in [0.15, 0.2) is 0 Å². The third kappa shape index (κ3) is 2.16. The summed E-state index contributed by atoms with van der Waals surface area (Å²) in [5.74, 6) is 0.867. The lowest BCUT2D eigenvalue weighted by molar-refractivity contribution is 0.632. The van der Waals surface area contributed by atoms with Gasteiger partial charge in [-0.05, 0) is 25.1 Å². The molecular weight excluding hydrogens is 217 g/mol. The standard InChI is InChI=1S/C13H16FN3/c1-7(2)13-16-8(3)12(17-13)9-4-5-10(14)11(15)6-9/h4-7H,15H2,1-3H3,(H,16,17). The van der Waals surface area contributed by atoms with Crippen LogP contribution >= 0.6 is 0 Å². The number of aryl methyl sites for hydroxylation is 1. The van der Waals surface area contributed by atoms with Crippen LogP contribution in [0.3, 0.4) is 0 Å². The predicted molar refractivity (Wildman–Crippen MR) is 67.2 cm³/mol. The summed E-state index contributed by atoms with van der Waals surface area (Å²) in [5.41, 5.74) is 8.35. The molecule has 3 N–H and O–H groups in total. The van der Waals surface area contributed by atoms with Crippen molar-refractivity contribution in [3.05, 3.63) is 35.5 Å². The SMILES string of the molecule is Cc1[nH]c(C(C)C)nc1-c1ccc(F)c(N)c1. The van der Waals surface area contributed by atoms with E-state index in [2.05, 4.69) is 23.8 Å². The number of imidazole rings is 1. The molecule has 0 unspecified atom stereocenters. The highest BCUT2D eigenvalue weighted by Gasteiger charge is 2.12. The molecule has 0 fully saturated rings. The van der Waals surface area contributed by atoms with Gasteiger partial charge >= 0.3 is 0 Å². The van der Waals surface area contributed by atoms with Gasteiger partial charge in [-0.15, -0.1) is 0 Å². The number of nitrogens with two attached hydrogens (primary N) is 1. The molecule has 17 heavy (non-hydrogen) atoms. The maximum atomic E-state index is 13.1. The van der Waals surface area contributed by atoms with Crippen molar-refractivity contribution in [2.24, 2.45) is 0 Å². The highest BCUT2D eigenvalue weighted by atomic mass is 19.1. The summed E-state index contributed by atoms with van der Waals surface area (Å²) < 4.78 is 13.1. The van der Waals surface area contributed by atoms with Crippen LogP contribution in [-0.2, 0) is 0 Å². The fourth-order valence-corrected chi connectivity index (χ4v) is 1.73. The van der Waals surface area contributed by atoms with Crippen LogP contribution in [0.1, 0.15) is 31.3 Å². The van der Waals surface area contributed by atoms with Crippen molar-refractivity contribution in [2.45, 2.75) is 26.7 Å². The van der Waals surface area contributed by atoms with Crippen molar-refractivity contribution in [1.82, 2.24) is 9.97 Å². The molecule has 0 saturated heterocycles. The number of H-pyrrole nitrogens is 1. The Balaban J connectivity index is 2.49. The topological polar surface area (TPSA) is 54.7 Å². The summed E-state index contributed by atoms with van der Waals surface area (Å²) in [6, 6.07) is 4.68. The van der Waals surface area contributed by atoms with E-state index in [0.717, 1.165) is 22.8 Å². The van der Waals surface area contributed by atoms with E-state index in [9.17, 15) is 4.39 Å². The molecule has 0 bridgehead atoms. The Kier molecular flexibility index (Phi) is 2.88. The Labute approximate surface area is 99.9 Å². The number of hydrogen-bond acceptors (Lipinski definition) is 2. The van der Waals surface area contributed by atoms with Crippen LogP contribution in [0.4, 0.5) is 10.1 Å². The molecule has 3 nitrogen and oxygen atoms in total. The summed E-state index contributed by atoms with van der Waals surface area (Å²) >= 11 is 0. The van der Waals surface area contributed by atoms with Crippen LogP contribution in [0.5, 0.6) is 0 Å². The highest BCUT2D eigenvalue weighted by molar-refractivity contribution is 5.66. The van der Waals surface area contributed by atoms with Crippen molar-refractivity contribution in [3.63, 3.8) is 0 Å². The van der Waals surface area contributed by atoms with Crippen molar-refractivity contribution in [3.8, 4) is 11.3 Å². The second-order valence-corrected chi connectivity index (χ2v) is 4.49. The molecule has 0 aliphatic heterocycles. The van der Waals surface area contributed by atoms with Crippen LogP contribution in [0, 0.1) is 12.7 Å². The first-order valence-corrected chi connectivity index (χ1v) is 5.61. The minimum absolute atomic E-state index is 0.149. The second kappa shape index (κ2) is 4.20. The van der Waals surface area contributed by atoms with Crippen LogP contribution in [0.25, 0.3) is 11.3 Å². The molecular formula is C13H16FN3. The van der Waals surface area contributed by atoms with Crippen molar-refractivity contribution < 1.29 is 4.39 Å². The molecule has 1 aromatic carbocycles. The first-order chi connectivity index (χ1) is 7.99. The summed E-state index contributed by atoms with van der Waals surface area (Å²) in [6.07, 6.45) is 0. The highest BCUT2D eigenvalue weighted by Crippen LogP contribution is 2.26. The minimum Gasteiger partial charge on any atom is -0.396 e. The van der Waals surface area contributed by atoms with Gasteiger partial charge in [0.05, 0.1) is 11.4 Å². The van der Waals surface area contributed by atoms with E-state index in [1.165, 1.54) is 6.07 Å². The number of hydrogen-bond donors (Lipinski definition) is 2. The lowest BCUT2D eigenvalue weighted by Gasteiger charge is -2.01. The van der Waals surface area contributed by atoms with Crippen LogP contribution in [0.2, 0.25) is 0 Å². The van der Waals surface area contributed by atoms with Crippen LogP contribution in [-0.4, -0.2) is 9.97 Å². The van der Waals surface area contributed by atoms with Gasteiger partial charge in [0.25, 0.3) is 0 Å². The van der Waals surface area contributed by atoms with E-state index in [1.807, 2.05) is 6.92 Å². The average Bonchev–Trinajstić information content (AvgIpc) is 2.65. The predicted octanol–water partition coefficient (Wildman–Crippen LogP) is 3.23. The number of nitrogen functional groups attached to an aromatic ring is 1. The maximum absolute atomic E-state index is 13.1. The number of halogens is 1. The van der Waals surface area contributed by atoms with Gasteiger partial charge in [0.1, 0.15) is 11.6 Å².